The van der Waals surface area contributed by atoms with E-state index in [1.165, 1.54) is 35.7 Å². The van der Waals surface area contributed by atoms with Crippen LogP contribution in [-0.2, 0) is 16.4 Å². The number of hydrogen-bond donors (Lipinski definition) is 2. The van der Waals surface area contributed by atoms with E-state index in [4.69, 9.17) is 11.6 Å². The van der Waals surface area contributed by atoms with Crippen LogP contribution in [-0.4, -0.2) is 24.4 Å². The second kappa shape index (κ2) is 9.17. The van der Waals surface area contributed by atoms with Crippen molar-refractivity contribution in [2.45, 2.75) is 18.2 Å². The van der Waals surface area contributed by atoms with Crippen molar-refractivity contribution >= 4 is 49.6 Å². The van der Waals surface area contributed by atoms with Gasteiger partial charge in [0.05, 0.1) is 4.90 Å². The number of ketones is 1. The Morgan fingerprint density at radius 2 is 1.79 bits per heavy atom. The Labute approximate surface area is 177 Å². The molecule has 0 aliphatic heterocycles. The van der Waals surface area contributed by atoms with E-state index < -0.39 is 10.0 Å². The number of nitrogens with one attached hydrogen (secondary N) is 2. The summed E-state index contributed by atoms with van der Waals surface area (Å²) < 4.78 is 27.3. The standard InChI is InChI=1S/C19H17ClN4O3S2/c1-2-18-22-23-19(28-18)24-29(26,27)16-9-7-15(8-10-16)21-12-11-17(25)13-3-5-14(20)6-4-13/h3-12,21H,2H2,1H3,(H,23,24)/b12-11-. The maximum absolute atomic E-state index is 12.4. The summed E-state index contributed by atoms with van der Waals surface area (Å²) in [6, 6.07) is 12.7. The maximum Gasteiger partial charge on any atom is 0.263 e. The number of carbonyl (C=O) groups is 1. The summed E-state index contributed by atoms with van der Waals surface area (Å²) >= 11 is 7.00. The summed E-state index contributed by atoms with van der Waals surface area (Å²) in [4.78, 5) is 12.2. The van der Waals surface area contributed by atoms with Crippen molar-refractivity contribution in [1.29, 1.82) is 0 Å². The van der Waals surface area contributed by atoms with Gasteiger partial charge in [-0.15, -0.1) is 10.2 Å². The minimum absolute atomic E-state index is 0.0949. The fourth-order valence-electron chi connectivity index (χ4n) is 2.27. The van der Waals surface area contributed by atoms with Gasteiger partial charge in [-0.05, 0) is 55.0 Å². The van der Waals surface area contributed by atoms with E-state index in [1.54, 1.807) is 36.4 Å². The molecule has 0 bridgehead atoms. The number of allylic oxidation sites excluding steroid dienone is 1. The molecule has 0 unspecified atom stereocenters. The zero-order valence-electron chi connectivity index (χ0n) is 15.3. The van der Waals surface area contributed by atoms with Gasteiger partial charge >= 0.3 is 0 Å². The van der Waals surface area contributed by atoms with Crippen molar-refractivity contribution in [3.8, 4) is 0 Å². The molecule has 0 saturated heterocycles. The van der Waals surface area contributed by atoms with E-state index in [0.717, 1.165) is 5.01 Å². The van der Waals surface area contributed by atoms with Gasteiger partial charge in [0.15, 0.2) is 5.78 Å². The Morgan fingerprint density at radius 1 is 1.10 bits per heavy atom. The lowest BCUT2D eigenvalue weighted by Gasteiger charge is -2.06. The molecule has 29 heavy (non-hydrogen) atoms. The zero-order valence-corrected chi connectivity index (χ0v) is 17.7. The summed E-state index contributed by atoms with van der Waals surface area (Å²) in [7, 11) is -3.75. The number of aryl methyl sites for hydroxylation is 1. The summed E-state index contributed by atoms with van der Waals surface area (Å²) in [5, 5.41) is 12.2. The van der Waals surface area contributed by atoms with Crippen molar-refractivity contribution in [3.63, 3.8) is 0 Å². The Balaban J connectivity index is 1.61. The van der Waals surface area contributed by atoms with Crippen molar-refractivity contribution in [3.05, 3.63) is 76.4 Å². The SMILES string of the molecule is CCc1nnc(NS(=O)(=O)c2ccc(N/C=C\C(=O)c3ccc(Cl)cc3)cc2)s1. The first-order valence-electron chi connectivity index (χ1n) is 8.55. The molecule has 0 radical (unpaired) electrons. The van der Waals surface area contributed by atoms with Crippen LogP contribution in [0.4, 0.5) is 10.8 Å². The van der Waals surface area contributed by atoms with Crippen LogP contribution in [0.3, 0.4) is 0 Å². The highest BCUT2D eigenvalue weighted by molar-refractivity contribution is 7.93. The van der Waals surface area contributed by atoms with E-state index in [2.05, 4.69) is 20.2 Å². The van der Waals surface area contributed by atoms with E-state index >= 15 is 0 Å². The van der Waals surface area contributed by atoms with Gasteiger partial charge in [-0.25, -0.2) is 8.42 Å². The first kappa shape index (κ1) is 21.0. The summed E-state index contributed by atoms with van der Waals surface area (Å²) in [5.41, 5.74) is 1.15. The van der Waals surface area contributed by atoms with Gasteiger partial charge in [-0.1, -0.05) is 29.9 Å². The number of halogens is 1. The molecule has 1 aromatic heterocycles. The number of aromatic nitrogens is 2. The number of nitrogens with zero attached hydrogens (tertiary/aromatic N) is 2. The lowest BCUT2D eigenvalue weighted by atomic mass is 10.1. The largest absolute Gasteiger partial charge is 0.362 e. The third-order valence-corrected chi connectivity index (χ3v) is 6.49. The highest BCUT2D eigenvalue weighted by Crippen LogP contribution is 2.21. The summed E-state index contributed by atoms with van der Waals surface area (Å²) in [6.07, 6.45) is 3.57. The second-order valence-electron chi connectivity index (χ2n) is 5.83. The molecular formula is C19H17ClN4O3S2. The smallest absolute Gasteiger partial charge is 0.263 e. The lowest BCUT2D eigenvalue weighted by Crippen LogP contribution is -2.12. The molecule has 2 N–H and O–H groups in total. The fraction of sp³-hybridized carbons (Fsp3) is 0.105. The predicted octanol–water partition coefficient (Wildman–Crippen LogP) is 4.36. The molecule has 0 amide bonds. The van der Waals surface area contributed by atoms with Crippen LogP contribution < -0.4 is 10.0 Å². The molecule has 0 saturated carbocycles. The van der Waals surface area contributed by atoms with E-state index in [0.29, 0.717) is 22.7 Å². The topological polar surface area (TPSA) is 101 Å². The summed E-state index contributed by atoms with van der Waals surface area (Å²) in [5.74, 6) is -0.180. The quantitative estimate of drug-likeness (QED) is 0.392. The Hall–Kier alpha value is -2.75. The highest BCUT2D eigenvalue weighted by Gasteiger charge is 2.16. The molecule has 3 rings (SSSR count). The average Bonchev–Trinajstić information content (AvgIpc) is 3.15. The molecule has 7 nitrogen and oxygen atoms in total. The Kier molecular flexibility index (Phi) is 6.63. The van der Waals surface area contributed by atoms with Gasteiger partial charge in [-0.3, -0.25) is 9.52 Å². The maximum atomic E-state index is 12.4. The van der Waals surface area contributed by atoms with Crippen LogP contribution in [0, 0.1) is 0 Å². The number of carbonyl (C=O) groups excluding carboxylic acids is 1. The van der Waals surface area contributed by atoms with Crippen molar-refractivity contribution in [1.82, 2.24) is 10.2 Å². The first-order valence-corrected chi connectivity index (χ1v) is 11.2. The van der Waals surface area contributed by atoms with Gasteiger partial charge in [-0.2, -0.15) is 0 Å². The number of anilines is 2. The molecule has 150 valence electrons. The van der Waals surface area contributed by atoms with Gasteiger partial charge in [0.25, 0.3) is 10.0 Å². The van der Waals surface area contributed by atoms with E-state index in [-0.39, 0.29) is 15.8 Å². The van der Waals surface area contributed by atoms with Gasteiger partial charge < -0.3 is 5.32 Å². The third-order valence-electron chi connectivity index (χ3n) is 3.77. The molecule has 3 aromatic rings. The summed E-state index contributed by atoms with van der Waals surface area (Å²) in [6.45, 7) is 1.92. The van der Waals surface area contributed by atoms with Crippen LogP contribution in [0.25, 0.3) is 0 Å². The van der Waals surface area contributed by atoms with Crippen LogP contribution >= 0.6 is 22.9 Å². The Morgan fingerprint density at radius 3 is 2.41 bits per heavy atom. The van der Waals surface area contributed by atoms with Crippen LogP contribution in [0.5, 0.6) is 0 Å². The number of benzene rings is 2. The molecule has 2 aromatic carbocycles. The first-order chi connectivity index (χ1) is 13.9. The molecule has 1 heterocycles. The third kappa shape index (κ3) is 5.63. The minimum Gasteiger partial charge on any atom is -0.362 e. The molecule has 0 atom stereocenters. The highest BCUT2D eigenvalue weighted by atomic mass is 35.5. The van der Waals surface area contributed by atoms with Crippen LogP contribution in [0.2, 0.25) is 5.02 Å². The molecular weight excluding hydrogens is 432 g/mol. The van der Waals surface area contributed by atoms with Crippen LogP contribution in [0.1, 0.15) is 22.3 Å². The van der Waals surface area contributed by atoms with Gasteiger partial charge in [0, 0.05) is 28.5 Å². The van der Waals surface area contributed by atoms with Crippen molar-refractivity contribution in [2.24, 2.45) is 0 Å². The number of hydrogen-bond acceptors (Lipinski definition) is 7. The second-order valence-corrected chi connectivity index (χ2v) is 9.01. The molecule has 0 fully saturated rings. The van der Waals surface area contributed by atoms with Crippen LogP contribution in [0.15, 0.2) is 65.7 Å². The van der Waals surface area contributed by atoms with Gasteiger partial charge in [0.1, 0.15) is 5.01 Å². The van der Waals surface area contributed by atoms with E-state index in [1.807, 2.05) is 6.92 Å². The fourth-order valence-corrected chi connectivity index (χ4v) is 4.30. The zero-order chi connectivity index (χ0) is 20.9. The lowest BCUT2D eigenvalue weighted by molar-refractivity contribution is 0.104. The average molecular weight is 449 g/mol. The molecule has 10 heteroatoms. The Bertz CT molecular complexity index is 1130. The molecule has 0 aliphatic rings. The van der Waals surface area contributed by atoms with Crippen molar-refractivity contribution in [2.75, 3.05) is 10.0 Å². The predicted molar refractivity (Wildman–Crippen MR) is 115 cm³/mol. The molecule has 0 spiro atoms. The minimum atomic E-state index is -3.75. The molecule has 0 aliphatic carbocycles. The monoisotopic (exact) mass is 448 g/mol. The van der Waals surface area contributed by atoms with Gasteiger partial charge in [0.2, 0.25) is 5.13 Å². The number of sulfonamides is 1. The normalized spacial score (nSPS) is 11.5. The van der Waals surface area contributed by atoms with Crippen molar-refractivity contribution < 1.29 is 13.2 Å². The van der Waals surface area contributed by atoms with E-state index in [9.17, 15) is 13.2 Å². The number of rotatable bonds is 8.